The van der Waals surface area contributed by atoms with Crippen LogP contribution in [0.4, 0.5) is 0 Å². The first-order valence-corrected chi connectivity index (χ1v) is 15.7. The zero-order valence-electron chi connectivity index (χ0n) is 24.5. The Kier molecular flexibility index (Phi) is 10.1. The number of alkyl halides is 1. The highest BCUT2D eigenvalue weighted by molar-refractivity contribution is 9.09. The minimum absolute atomic E-state index is 0.112. The van der Waals surface area contributed by atoms with Crippen molar-refractivity contribution in [3.05, 3.63) is 61.2 Å². The molecule has 3 saturated heterocycles. The minimum atomic E-state index is -1.17. The highest BCUT2D eigenvalue weighted by Crippen LogP contribution is 2.61. The molecule has 3 aliphatic heterocycles. The molecule has 7 atom stereocenters. The molecule has 0 aromatic heterocycles. The largest absolute Gasteiger partial charge is 0.394 e. The summed E-state index contributed by atoms with van der Waals surface area (Å²) in [5.41, 5.74) is -0.200. The summed E-state index contributed by atoms with van der Waals surface area (Å²) in [7, 11) is 0. The molecule has 4 rings (SSSR count). The summed E-state index contributed by atoms with van der Waals surface area (Å²) >= 11 is 3.76. The number of aliphatic hydroxyl groups is 1. The lowest BCUT2D eigenvalue weighted by molar-refractivity contribution is -0.153. The third kappa shape index (κ3) is 5.65. The molecule has 3 aliphatic rings. The van der Waals surface area contributed by atoms with Crippen LogP contribution in [0.3, 0.4) is 0 Å². The van der Waals surface area contributed by atoms with E-state index in [-0.39, 0.29) is 35.1 Å². The summed E-state index contributed by atoms with van der Waals surface area (Å²) < 4.78 is 6.71. The molecule has 3 fully saturated rings. The Morgan fingerprint density at radius 1 is 1.17 bits per heavy atom. The van der Waals surface area contributed by atoms with Crippen LogP contribution in [0.2, 0.25) is 0 Å². The molecule has 2 bridgehead atoms. The first kappa shape index (κ1) is 31.4. The molecule has 1 N–H and O–H groups in total. The molecule has 41 heavy (non-hydrogen) atoms. The van der Waals surface area contributed by atoms with Crippen molar-refractivity contribution in [1.29, 1.82) is 0 Å². The van der Waals surface area contributed by atoms with Crippen LogP contribution in [-0.4, -0.2) is 92.4 Å². The zero-order valence-corrected chi connectivity index (χ0v) is 26.0. The van der Waals surface area contributed by atoms with Crippen molar-refractivity contribution in [1.82, 2.24) is 14.7 Å². The maximum Gasteiger partial charge on any atom is 0.248 e. The summed E-state index contributed by atoms with van der Waals surface area (Å²) in [5, 5.41) is 10.5. The number of benzene rings is 1. The normalized spacial score (nSPS) is 29.0. The monoisotopic (exact) mass is 629 g/mol. The summed E-state index contributed by atoms with van der Waals surface area (Å²) in [6.07, 6.45) is 4.98. The van der Waals surface area contributed by atoms with Gasteiger partial charge in [0.1, 0.15) is 11.6 Å². The second-order valence-electron chi connectivity index (χ2n) is 11.8. The molecule has 1 spiro atoms. The Morgan fingerprint density at radius 2 is 1.83 bits per heavy atom. The van der Waals surface area contributed by atoms with Crippen LogP contribution < -0.4 is 0 Å². The molecule has 0 radical (unpaired) electrons. The third-order valence-electron chi connectivity index (χ3n) is 8.88. The number of hydrogen-bond acceptors (Lipinski definition) is 5. The van der Waals surface area contributed by atoms with Crippen LogP contribution in [0.5, 0.6) is 0 Å². The molecule has 1 aromatic rings. The molecule has 0 saturated carbocycles. The van der Waals surface area contributed by atoms with Crippen molar-refractivity contribution in [2.24, 2.45) is 17.8 Å². The van der Waals surface area contributed by atoms with Crippen molar-refractivity contribution >= 4 is 33.7 Å². The van der Waals surface area contributed by atoms with Crippen molar-refractivity contribution in [2.45, 2.75) is 75.2 Å². The van der Waals surface area contributed by atoms with E-state index in [2.05, 4.69) is 36.0 Å². The number of likely N-dealkylation sites (tertiary alicyclic amines) is 1. The fourth-order valence-electron chi connectivity index (χ4n) is 6.98. The van der Waals surface area contributed by atoms with Crippen molar-refractivity contribution in [2.75, 3.05) is 26.2 Å². The topological polar surface area (TPSA) is 90.4 Å². The Morgan fingerprint density at radius 3 is 2.41 bits per heavy atom. The molecule has 0 aliphatic carbocycles. The average molecular weight is 631 g/mol. The van der Waals surface area contributed by atoms with Crippen LogP contribution in [0, 0.1) is 17.8 Å². The van der Waals surface area contributed by atoms with Gasteiger partial charge < -0.3 is 24.5 Å². The first-order valence-electron chi connectivity index (χ1n) is 14.7. The van der Waals surface area contributed by atoms with Gasteiger partial charge in [-0.25, -0.2) is 0 Å². The predicted molar refractivity (Wildman–Crippen MR) is 162 cm³/mol. The van der Waals surface area contributed by atoms with Gasteiger partial charge in [-0.1, -0.05) is 85.6 Å². The van der Waals surface area contributed by atoms with Crippen LogP contribution in [0.25, 0.3) is 0 Å². The molecule has 3 heterocycles. The lowest BCUT2D eigenvalue weighted by Crippen LogP contribution is -2.60. The predicted octanol–water partition coefficient (Wildman–Crippen LogP) is 3.78. The second kappa shape index (κ2) is 13.2. The van der Waals surface area contributed by atoms with Gasteiger partial charge in [0, 0.05) is 31.0 Å². The smallest absolute Gasteiger partial charge is 0.248 e. The van der Waals surface area contributed by atoms with E-state index in [4.69, 9.17) is 4.74 Å². The number of aliphatic hydroxyl groups excluding tert-OH is 1. The third-order valence-corrected chi connectivity index (χ3v) is 9.72. The fraction of sp³-hybridized carbons (Fsp3) is 0.594. The van der Waals surface area contributed by atoms with E-state index < -0.39 is 35.6 Å². The van der Waals surface area contributed by atoms with Crippen molar-refractivity contribution in [3.8, 4) is 0 Å². The number of carbonyl (C=O) groups excluding carboxylic acids is 3. The SMILES string of the molecule is C=CCN(CCCC)C(=O)C1N([C@@H](CO)C(C)C)C(=O)[C@@H]2[C@H](C(=O)N(CC=C)Cc3ccccc3)[C@H]3OC12CC3Br. The Bertz CT molecular complexity index is 1130. The van der Waals surface area contributed by atoms with E-state index >= 15 is 0 Å². The maximum absolute atomic E-state index is 14.5. The van der Waals surface area contributed by atoms with Gasteiger partial charge in [0.25, 0.3) is 0 Å². The molecule has 224 valence electrons. The van der Waals surface area contributed by atoms with Gasteiger partial charge in [-0.2, -0.15) is 0 Å². The van der Waals surface area contributed by atoms with Crippen LogP contribution >= 0.6 is 15.9 Å². The number of amides is 3. The number of rotatable bonds is 14. The van der Waals surface area contributed by atoms with E-state index in [0.29, 0.717) is 32.6 Å². The number of fused-ring (bicyclic) bond motifs is 1. The minimum Gasteiger partial charge on any atom is -0.394 e. The fourth-order valence-corrected chi connectivity index (χ4v) is 7.92. The number of unbranched alkanes of at least 4 members (excludes halogenated alkanes) is 1. The molecule has 1 aromatic carbocycles. The second-order valence-corrected chi connectivity index (χ2v) is 13.0. The zero-order chi connectivity index (χ0) is 29.9. The van der Waals surface area contributed by atoms with Crippen LogP contribution in [0.15, 0.2) is 55.6 Å². The number of ether oxygens (including phenoxy) is 1. The van der Waals surface area contributed by atoms with Gasteiger partial charge in [-0.3, -0.25) is 14.4 Å². The molecule has 9 heteroatoms. The summed E-state index contributed by atoms with van der Waals surface area (Å²) in [5.74, 6) is -2.39. The van der Waals surface area contributed by atoms with Crippen molar-refractivity contribution in [3.63, 3.8) is 0 Å². The van der Waals surface area contributed by atoms with Gasteiger partial charge in [0.2, 0.25) is 17.7 Å². The number of nitrogens with zero attached hydrogens (tertiary/aromatic N) is 3. The van der Waals surface area contributed by atoms with Gasteiger partial charge in [-0.05, 0) is 24.3 Å². The lowest BCUT2D eigenvalue weighted by Gasteiger charge is -2.40. The first-order chi connectivity index (χ1) is 19.7. The van der Waals surface area contributed by atoms with Crippen molar-refractivity contribution < 1.29 is 24.2 Å². The van der Waals surface area contributed by atoms with Crippen LogP contribution in [0.1, 0.15) is 45.6 Å². The van der Waals surface area contributed by atoms with E-state index in [9.17, 15) is 19.5 Å². The van der Waals surface area contributed by atoms with Gasteiger partial charge in [-0.15, -0.1) is 13.2 Å². The molecule has 3 amide bonds. The summed E-state index contributed by atoms with van der Waals surface area (Å²) in [4.78, 5) is 48.1. The molecular formula is C32H44BrN3O5. The van der Waals surface area contributed by atoms with E-state index in [0.717, 1.165) is 18.4 Å². The van der Waals surface area contributed by atoms with E-state index in [1.54, 1.807) is 26.9 Å². The molecular weight excluding hydrogens is 586 g/mol. The van der Waals surface area contributed by atoms with Gasteiger partial charge in [0.05, 0.1) is 30.6 Å². The average Bonchev–Trinajstić information content (AvgIpc) is 3.54. The van der Waals surface area contributed by atoms with E-state index in [1.807, 2.05) is 44.2 Å². The summed E-state index contributed by atoms with van der Waals surface area (Å²) in [6, 6.07) is 8.18. The highest BCUT2D eigenvalue weighted by Gasteiger charge is 2.77. The van der Waals surface area contributed by atoms with Crippen LogP contribution in [-0.2, 0) is 25.7 Å². The molecule has 3 unspecified atom stereocenters. The number of halogens is 1. The lowest BCUT2D eigenvalue weighted by atomic mass is 9.70. The number of hydrogen-bond donors (Lipinski definition) is 1. The Labute approximate surface area is 252 Å². The highest BCUT2D eigenvalue weighted by atomic mass is 79.9. The van der Waals surface area contributed by atoms with Gasteiger partial charge in [0.15, 0.2) is 0 Å². The van der Waals surface area contributed by atoms with E-state index in [1.165, 1.54) is 0 Å². The Hall–Kier alpha value is -2.49. The standard InChI is InChI=1S/C32H44BrN3O5/c1-6-9-17-34(15-7-2)31(40)28-32-18-23(33)27(41-32)25(26(32)30(39)36(28)24(20-37)21(4)5)29(38)35(16-8-3)19-22-13-11-10-12-14-22/h7-8,10-14,21,23-28,37H,2-3,6,9,15-20H2,1,4-5H3/t23?,24-,25-,26-,27-,28?,32?/m0/s1. The summed E-state index contributed by atoms with van der Waals surface area (Å²) in [6.45, 7) is 14.9. The Balaban J connectivity index is 1.78. The number of carbonyl (C=O) groups is 3. The van der Waals surface area contributed by atoms with Gasteiger partial charge >= 0.3 is 0 Å². The maximum atomic E-state index is 14.5. The molecule has 8 nitrogen and oxygen atoms in total. The quantitative estimate of drug-likeness (QED) is 0.250.